The first-order chi connectivity index (χ1) is 17.7. The number of aryl methyl sites for hydroxylation is 1. The number of nitrogens with one attached hydrogen (secondary N) is 1. The van der Waals surface area contributed by atoms with E-state index in [0.29, 0.717) is 12.2 Å². The maximum atomic E-state index is 13.2. The first kappa shape index (κ1) is 23.8. The fraction of sp³-hybridized carbons (Fsp3) is 0.200. The number of anilines is 1. The van der Waals surface area contributed by atoms with Crippen molar-refractivity contribution in [3.63, 3.8) is 0 Å². The summed E-state index contributed by atoms with van der Waals surface area (Å²) in [6, 6.07) is 25.2. The number of fused-ring (bicyclic) bond motifs is 1. The summed E-state index contributed by atoms with van der Waals surface area (Å²) < 4.78 is 11.1. The molecular weight excluding hydrogens is 468 g/mol. The lowest BCUT2D eigenvalue weighted by Gasteiger charge is -2.12. The second-order valence-electron chi connectivity index (χ2n) is 8.68. The monoisotopic (exact) mass is 496 g/mol. The van der Waals surface area contributed by atoms with E-state index >= 15 is 0 Å². The van der Waals surface area contributed by atoms with Crippen molar-refractivity contribution in [2.75, 3.05) is 12.4 Å². The van der Waals surface area contributed by atoms with E-state index in [0.717, 1.165) is 64.6 Å². The van der Waals surface area contributed by atoms with Crippen LogP contribution in [0.5, 0.6) is 11.5 Å². The van der Waals surface area contributed by atoms with Crippen molar-refractivity contribution in [3.8, 4) is 11.5 Å². The molecule has 36 heavy (non-hydrogen) atoms. The number of carbonyl (C=O) groups is 1. The van der Waals surface area contributed by atoms with Gasteiger partial charge in [-0.1, -0.05) is 30.3 Å². The number of hydrogen-bond donors (Lipinski definition) is 1. The average Bonchev–Trinajstić information content (AvgIpc) is 3.31. The van der Waals surface area contributed by atoms with Gasteiger partial charge in [-0.15, -0.1) is 11.3 Å². The lowest BCUT2D eigenvalue weighted by atomic mass is 9.95. The van der Waals surface area contributed by atoms with Gasteiger partial charge in [-0.25, -0.2) is 4.99 Å². The first-order valence-corrected chi connectivity index (χ1v) is 12.9. The molecule has 0 atom stereocenters. The third-order valence-electron chi connectivity index (χ3n) is 6.19. The molecule has 5 rings (SSSR count). The highest BCUT2D eigenvalue weighted by molar-refractivity contribution is 7.16. The minimum Gasteiger partial charge on any atom is -0.497 e. The predicted octanol–water partition coefficient (Wildman–Crippen LogP) is 7.22. The van der Waals surface area contributed by atoms with Crippen LogP contribution in [0.2, 0.25) is 0 Å². The van der Waals surface area contributed by atoms with Crippen LogP contribution in [0.1, 0.15) is 44.8 Å². The summed E-state index contributed by atoms with van der Waals surface area (Å²) in [6.07, 6.45) is 6.04. The fourth-order valence-electron chi connectivity index (χ4n) is 4.26. The third-order valence-corrected chi connectivity index (χ3v) is 7.39. The van der Waals surface area contributed by atoms with Gasteiger partial charge >= 0.3 is 0 Å². The Kier molecular flexibility index (Phi) is 7.43. The molecule has 0 fully saturated rings. The second kappa shape index (κ2) is 11.2. The lowest BCUT2D eigenvalue weighted by Crippen LogP contribution is -2.14. The van der Waals surface area contributed by atoms with E-state index in [2.05, 4.69) is 5.32 Å². The van der Waals surface area contributed by atoms with Gasteiger partial charge in [-0.2, -0.15) is 0 Å². The van der Waals surface area contributed by atoms with Crippen molar-refractivity contribution in [1.29, 1.82) is 0 Å². The topological polar surface area (TPSA) is 59.9 Å². The molecule has 0 aliphatic heterocycles. The summed E-state index contributed by atoms with van der Waals surface area (Å²) in [4.78, 5) is 19.3. The first-order valence-electron chi connectivity index (χ1n) is 12.1. The molecule has 6 heteroatoms. The summed E-state index contributed by atoms with van der Waals surface area (Å²) in [6.45, 7) is 0.484. The molecule has 0 radical (unpaired) electrons. The van der Waals surface area contributed by atoms with Gasteiger partial charge in [-0.05, 0) is 90.9 Å². The van der Waals surface area contributed by atoms with Crippen molar-refractivity contribution in [2.24, 2.45) is 4.99 Å². The van der Waals surface area contributed by atoms with Crippen molar-refractivity contribution >= 4 is 34.1 Å². The highest BCUT2D eigenvalue weighted by Gasteiger charge is 2.25. The van der Waals surface area contributed by atoms with Crippen LogP contribution in [0.15, 0.2) is 83.9 Å². The summed E-state index contributed by atoms with van der Waals surface area (Å²) in [5.74, 6) is 1.53. The maximum Gasteiger partial charge on any atom is 0.259 e. The number of ether oxygens (including phenoxy) is 2. The van der Waals surface area contributed by atoms with Gasteiger partial charge in [0, 0.05) is 16.8 Å². The van der Waals surface area contributed by atoms with Crippen molar-refractivity contribution in [1.82, 2.24) is 0 Å². The van der Waals surface area contributed by atoms with E-state index in [1.54, 1.807) is 18.4 Å². The van der Waals surface area contributed by atoms with Crippen LogP contribution >= 0.6 is 11.3 Å². The van der Waals surface area contributed by atoms with Gasteiger partial charge in [0.15, 0.2) is 0 Å². The average molecular weight is 497 g/mol. The standard InChI is InChI=1S/C30H28N2O3S/c1-34-24-15-13-22(14-16-24)20-35-25-17-11-21(12-18-25)19-31-30-28(26-9-5-6-10-27(26)36-30)29(33)32-23-7-3-2-4-8-23/h2-4,7-8,11-19H,5-6,9-10,20H2,1H3,(H,32,33). The van der Waals surface area contributed by atoms with Crippen LogP contribution in [0.4, 0.5) is 10.7 Å². The van der Waals surface area contributed by atoms with Gasteiger partial charge in [0.1, 0.15) is 23.1 Å². The van der Waals surface area contributed by atoms with Gasteiger partial charge in [0.05, 0.1) is 12.7 Å². The molecular formula is C30H28N2O3S. The highest BCUT2D eigenvalue weighted by Crippen LogP contribution is 2.40. The molecule has 1 aliphatic carbocycles. The fourth-order valence-corrected chi connectivity index (χ4v) is 5.49. The Morgan fingerprint density at radius 3 is 2.42 bits per heavy atom. The van der Waals surface area contributed by atoms with Crippen LogP contribution < -0.4 is 14.8 Å². The van der Waals surface area contributed by atoms with Gasteiger partial charge < -0.3 is 14.8 Å². The number of aliphatic imine (C=N–C) groups is 1. The molecule has 182 valence electrons. The Balaban J connectivity index is 1.29. The zero-order chi connectivity index (χ0) is 24.7. The second-order valence-corrected chi connectivity index (χ2v) is 9.76. The number of carbonyl (C=O) groups excluding carboxylic acids is 1. The Labute approximate surface area is 215 Å². The van der Waals surface area contributed by atoms with Crippen LogP contribution in [-0.4, -0.2) is 19.2 Å². The lowest BCUT2D eigenvalue weighted by molar-refractivity contribution is 0.102. The van der Waals surface area contributed by atoms with Gasteiger partial charge in [0.2, 0.25) is 0 Å². The zero-order valence-electron chi connectivity index (χ0n) is 20.2. The number of benzene rings is 3. The van der Waals surface area contributed by atoms with Crippen molar-refractivity contribution in [3.05, 3.63) is 106 Å². The van der Waals surface area contributed by atoms with E-state index in [9.17, 15) is 4.79 Å². The number of thiophene rings is 1. The summed E-state index contributed by atoms with van der Waals surface area (Å²) >= 11 is 1.64. The van der Waals surface area contributed by atoms with E-state index in [-0.39, 0.29) is 5.91 Å². The Bertz CT molecular complexity index is 1340. The molecule has 0 unspecified atom stereocenters. The van der Waals surface area contributed by atoms with Crippen LogP contribution in [0.25, 0.3) is 0 Å². The van der Waals surface area contributed by atoms with Gasteiger partial charge in [-0.3, -0.25) is 4.79 Å². The molecule has 0 bridgehead atoms. The Morgan fingerprint density at radius 2 is 1.67 bits per heavy atom. The van der Waals surface area contributed by atoms with E-state index in [4.69, 9.17) is 14.5 Å². The molecule has 0 saturated carbocycles. The molecule has 0 saturated heterocycles. The zero-order valence-corrected chi connectivity index (χ0v) is 21.0. The van der Waals surface area contributed by atoms with Crippen LogP contribution in [0, 0.1) is 0 Å². The minimum atomic E-state index is -0.0879. The van der Waals surface area contributed by atoms with E-state index in [1.165, 1.54) is 4.88 Å². The molecule has 1 aromatic heterocycles. The molecule has 0 spiro atoms. The van der Waals surface area contributed by atoms with Crippen molar-refractivity contribution in [2.45, 2.75) is 32.3 Å². The van der Waals surface area contributed by atoms with Crippen LogP contribution in [-0.2, 0) is 19.4 Å². The number of rotatable bonds is 8. The minimum absolute atomic E-state index is 0.0879. The number of nitrogens with zero attached hydrogens (tertiary/aromatic N) is 1. The smallest absolute Gasteiger partial charge is 0.259 e. The number of hydrogen-bond acceptors (Lipinski definition) is 5. The molecule has 1 heterocycles. The molecule has 1 aliphatic rings. The molecule has 5 nitrogen and oxygen atoms in total. The molecule has 1 amide bonds. The summed E-state index contributed by atoms with van der Waals surface area (Å²) in [7, 11) is 1.66. The van der Waals surface area contributed by atoms with Crippen molar-refractivity contribution < 1.29 is 14.3 Å². The highest BCUT2D eigenvalue weighted by atomic mass is 32.1. The summed E-state index contributed by atoms with van der Waals surface area (Å²) in [5, 5.41) is 3.82. The third kappa shape index (κ3) is 5.66. The largest absolute Gasteiger partial charge is 0.497 e. The normalized spacial score (nSPS) is 12.8. The van der Waals surface area contributed by atoms with Crippen LogP contribution in [0.3, 0.4) is 0 Å². The molecule has 4 aromatic rings. The number of para-hydroxylation sites is 1. The quantitative estimate of drug-likeness (QED) is 0.262. The number of methoxy groups -OCH3 is 1. The SMILES string of the molecule is COc1ccc(COc2ccc(C=Nc3sc4c(c3C(=O)Nc3ccccc3)CCCC4)cc2)cc1. The molecule has 1 N–H and O–H groups in total. The summed E-state index contributed by atoms with van der Waals surface area (Å²) in [5.41, 5.74) is 4.69. The Hall–Kier alpha value is -3.90. The number of amides is 1. The predicted molar refractivity (Wildman–Crippen MR) is 146 cm³/mol. The van der Waals surface area contributed by atoms with E-state index in [1.807, 2.05) is 85.1 Å². The van der Waals surface area contributed by atoms with Gasteiger partial charge in [0.25, 0.3) is 5.91 Å². The molecule has 3 aromatic carbocycles. The maximum absolute atomic E-state index is 13.2. The van der Waals surface area contributed by atoms with E-state index < -0.39 is 0 Å². The Morgan fingerprint density at radius 1 is 0.944 bits per heavy atom.